The van der Waals surface area contributed by atoms with Gasteiger partial charge in [0.05, 0.1) is 12.1 Å². The maximum atomic E-state index is 13.0. The number of rotatable bonds is 4. The number of nitrogens with one attached hydrogen (secondary N) is 1. The maximum absolute atomic E-state index is 13.0. The second kappa shape index (κ2) is 6.73. The average Bonchev–Trinajstić information content (AvgIpc) is 3.23. The molecule has 4 aromatic heterocycles. The van der Waals surface area contributed by atoms with Crippen LogP contribution in [0, 0.1) is 0 Å². The summed E-state index contributed by atoms with van der Waals surface area (Å²) in [7, 11) is 1.46. The van der Waals surface area contributed by atoms with Gasteiger partial charge in [-0.25, -0.2) is 4.98 Å². The Morgan fingerprint density at radius 3 is 2.62 bits per heavy atom. The number of pyridine rings is 2. The van der Waals surface area contributed by atoms with Crippen molar-refractivity contribution in [2.75, 3.05) is 0 Å². The van der Waals surface area contributed by atoms with Crippen molar-refractivity contribution in [2.24, 2.45) is 12.8 Å². The second-order valence-corrected chi connectivity index (χ2v) is 6.58. The van der Waals surface area contributed by atoms with Crippen LogP contribution in [0.4, 0.5) is 13.2 Å². The van der Waals surface area contributed by atoms with Crippen LogP contribution in [0.1, 0.15) is 11.3 Å². The standard InChI is InChI=1S/C19H15F3N6O/c1-28-15(5-16(27-28)19(20,21)22)14-9-26-18-13(14)4-12(8-25-18)11-2-10(3-17(23)29)6-24-7-11/h2,4-9H,3H2,1H3,(H2,23,29)(H,25,26). The summed E-state index contributed by atoms with van der Waals surface area (Å²) in [6.07, 6.45) is 1.92. The van der Waals surface area contributed by atoms with E-state index in [1.165, 1.54) is 11.7 Å². The predicted molar refractivity (Wildman–Crippen MR) is 99.4 cm³/mol. The Labute approximate surface area is 162 Å². The number of carbonyl (C=O) groups excluding carboxylic acids is 1. The SMILES string of the molecule is Cn1nc(C(F)(F)F)cc1-c1c[nH]c2ncc(-c3cncc(CC(N)=O)c3)cc12. The van der Waals surface area contributed by atoms with Crippen LogP contribution in [0.2, 0.25) is 0 Å². The van der Waals surface area contributed by atoms with Crippen molar-refractivity contribution in [3.05, 3.63) is 54.2 Å². The molecule has 29 heavy (non-hydrogen) atoms. The topological polar surface area (TPSA) is 102 Å². The van der Waals surface area contributed by atoms with Crippen LogP contribution in [0.15, 0.2) is 43.0 Å². The number of hydrogen-bond donors (Lipinski definition) is 2. The van der Waals surface area contributed by atoms with Crippen LogP contribution in [0.25, 0.3) is 33.4 Å². The van der Waals surface area contributed by atoms with E-state index in [1.54, 1.807) is 36.9 Å². The molecule has 0 aromatic carbocycles. The fourth-order valence-corrected chi connectivity index (χ4v) is 3.17. The zero-order valence-corrected chi connectivity index (χ0v) is 15.2. The summed E-state index contributed by atoms with van der Waals surface area (Å²) in [4.78, 5) is 22.6. The third-order valence-corrected chi connectivity index (χ3v) is 4.48. The van der Waals surface area contributed by atoms with Gasteiger partial charge in [0.1, 0.15) is 5.65 Å². The van der Waals surface area contributed by atoms with E-state index in [4.69, 9.17) is 5.73 Å². The zero-order valence-electron chi connectivity index (χ0n) is 15.2. The van der Waals surface area contributed by atoms with Crippen molar-refractivity contribution in [3.8, 4) is 22.4 Å². The van der Waals surface area contributed by atoms with E-state index in [2.05, 4.69) is 20.1 Å². The lowest BCUT2D eigenvalue weighted by atomic mass is 10.0. The molecule has 0 spiro atoms. The molecule has 0 aliphatic carbocycles. The first-order chi connectivity index (χ1) is 13.7. The van der Waals surface area contributed by atoms with E-state index >= 15 is 0 Å². The summed E-state index contributed by atoms with van der Waals surface area (Å²) in [5.74, 6) is -0.470. The van der Waals surface area contributed by atoms with E-state index in [0.29, 0.717) is 39.0 Å². The minimum atomic E-state index is -4.53. The first-order valence-electron chi connectivity index (χ1n) is 8.53. The number of aromatic nitrogens is 5. The molecule has 0 saturated carbocycles. The quantitative estimate of drug-likeness (QED) is 0.550. The van der Waals surface area contributed by atoms with Gasteiger partial charge in [0, 0.05) is 53.9 Å². The normalized spacial score (nSPS) is 11.9. The minimum Gasteiger partial charge on any atom is -0.369 e. The number of aryl methyl sites for hydroxylation is 1. The molecule has 0 unspecified atom stereocenters. The lowest BCUT2D eigenvalue weighted by Crippen LogP contribution is -2.13. The summed E-state index contributed by atoms with van der Waals surface area (Å²) in [6.45, 7) is 0. The van der Waals surface area contributed by atoms with Gasteiger partial charge in [0.15, 0.2) is 5.69 Å². The first-order valence-corrected chi connectivity index (χ1v) is 8.53. The zero-order chi connectivity index (χ0) is 20.8. The van der Waals surface area contributed by atoms with Crippen molar-refractivity contribution in [1.82, 2.24) is 24.7 Å². The molecule has 0 aliphatic heterocycles. The first kappa shape index (κ1) is 18.7. The fraction of sp³-hybridized carbons (Fsp3) is 0.158. The largest absolute Gasteiger partial charge is 0.435 e. The van der Waals surface area contributed by atoms with Crippen molar-refractivity contribution >= 4 is 16.9 Å². The average molecular weight is 400 g/mol. The highest BCUT2D eigenvalue weighted by Crippen LogP contribution is 2.35. The number of nitrogens with two attached hydrogens (primary N) is 1. The highest BCUT2D eigenvalue weighted by atomic mass is 19.4. The minimum absolute atomic E-state index is 0.0567. The van der Waals surface area contributed by atoms with Gasteiger partial charge in [-0.1, -0.05) is 0 Å². The van der Waals surface area contributed by atoms with Crippen LogP contribution < -0.4 is 5.73 Å². The van der Waals surface area contributed by atoms with E-state index in [-0.39, 0.29) is 6.42 Å². The number of hydrogen-bond acceptors (Lipinski definition) is 4. The number of aromatic amines is 1. The van der Waals surface area contributed by atoms with Gasteiger partial charge >= 0.3 is 6.18 Å². The number of amides is 1. The van der Waals surface area contributed by atoms with Gasteiger partial charge in [0.2, 0.25) is 5.91 Å². The molecule has 0 saturated heterocycles. The molecular weight excluding hydrogens is 385 g/mol. The lowest BCUT2D eigenvalue weighted by molar-refractivity contribution is -0.141. The number of primary amides is 1. The number of H-pyrrole nitrogens is 1. The Morgan fingerprint density at radius 1 is 1.17 bits per heavy atom. The molecule has 4 rings (SSSR count). The van der Waals surface area contributed by atoms with Crippen LogP contribution in [0.5, 0.6) is 0 Å². The fourth-order valence-electron chi connectivity index (χ4n) is 3.17. The Hall–Kier alpha value is -3.69. The number of fused-ring (bicyclic) bond motifs is 1. The molecule has 10 heteroatoms. The predicted octanol–water partition coefficient (Wildman–Crippen LogP) is 3.07. The summed E-state index contributed by atoms with van der Waals surface area (Å²) >= 11 is 0. The monoisotopic (exact) mass is 400 g/mol. The Kier molecular flexibility index (Phi) is 4.33. The molecular formula is C19H15F3N6O. The van der Waals surface area contributed by atoms with Gasteiger partial charge in [-0.3, -0.25) is 14.5 Å². The molecule has 7 nitrogen and oxygen atoms in total. The van der Waals surface area contributed by atoms with E-state index in [9.17, 15) is 18.0 Å². The summed E-state index contributed by atoms with van der Waals surface area (Å²) in [5, 5.41) is 4.21. The molecule has 0 atom stereocenters. The summed E-state index contributed by atoms with van der Waals surface area (Å²) < 4.78 is 40.2. The van der Waals surface area contributed by atoms with Gasteiger partial charge in [-0.2, -0.15) is 18.3 Å². The van der Waals surface area contributed by atoms with Crippen molar-refractivity contribution in [2.45, 2.75) is 12.6 Å². The van der Waals surface area contributed by atoms with Crippen molar-refractivity contribution < 1.29 is 18.0 Å². The Balaban J connectivity index is 1.80. The summed E-state index contributed by atoms with van der Waals surface area (Å²) in [6, 6.07) is 4.59. The van der Waals surface area contributed by atoms with Crippen LogP contribution in [0.3, 0.4) is 0 Å². The Morgan fingerprint density at radius 2 is 1.93 bits per heavy atom. The number of halogens is 3. The van der Waals surface area contributed by atoms with Gasteiger partial charge in [0.25, 0.3) is 0 Å². The maximum Gasteiger partial charge on any atom is 0.435 e. The molecule has 0 aliphatic rings. The molecule has 0 fully saturated rings. The molecule has 3 N–H and O–H groups in total. The number of alkyl halides is 3. The van der Waals surface area contributed by atoms with Crippen molar-refractivity contribution in [1.29, 1.82) is 0 Å². The molecule has 4 aromatic rings. The number of nitrogens with zero attached hydrogens (tertiary/aromatic N) is 4. The van der Waals surface area contributed by atoms with E-state index in [0.717, 1.165) is 6.07 Å². The van der Waals surface area contributed by atoms with Crippen LogP contribution in [-0.4, -0.2) is 30.6 Å². The molecule has 148 valence electrons. The molecule has 4 heterocycles. The highest BCUT2D eigenvalue weighted by molar-refractivity contribution is 5.95. The van der Waals surface area contributed by atoms with Crippen LogP contribution >= 0.6 is 0 Å². The van der Waals surface area contributed by atoms with E-state index in [1.807, 2.05) is 0 Å². The van der Waals surface area contributed by atoms with Crippen LogP contribution in [-0.2, 0) is 24.4 Å². The Bertz CT molecular complexity index is 1220. The summed E-state index contributed by atoms with van der Waals surface area (Å²) in [5.41, 5.74) is 7.73. The molecule has 1 amide bonds. The van der Waals surface area contributed by atoms with Gasteiger partial charge < -0.3 is 10.7 Å². The third-order valence-electron chi connectivity index (χ3n) is 4.48. The second-order valence-electron chi connectivity index (χ2n) is 6.58. The molecule has 0 radical (unpaired) electrons. The van der Waals surface area contributed by atoms with Crippen molar-refractivity contribution in [3.63, 3.8) is 0 Å². The van der Waals surface area contributed by atoms with Gasteiger partial charge in [-0.05, 0) is 23.8 Å². The molecule has 0 bridgehead atoms. The van der Waals surface area contributed by atoms with E-state index < -0.39 is 17.8 Å². The smallest absolute Gasteiger partial charge is 0.369 e. The lowest BCUT2D eigenvalue weighted by Gasteiger charge is -2.05. The number of carbonyl (C=O) groups is 1. The highest BCUT2D eigenvalue weighted by Gasteiger charge is 2.35. The van der Waals surface area contributed by atoms with Gasteiger partial charge in [-0.15, -0.1) is 0 Å². The third kappa shape index (κ3) is 3.56.